The van der Waals surface area contributed by atoms with Crippen LogP contribution in [0.5, 0.6) is 0 Å². The number of anilines is 1. The molecule has 19 heavy (non-hydrogen) atoms. The predicted octanol–water partition coefficient (Wildman–Crippen LogP) is 3.45. The Morgan fingerprint density at radius 3 is 2.79 bits per heavy atom. The lowest BCUT2D eigenvalue weighted by Gasteiger charge is -2.09. The summed E-state index contributed by atoms with van der Waals surface area (Å²) < 4.78 is 18.8. The summed E-state index contributed by atoms with van der Waals surface area (Å²) in [5.74, 6) is 1.14. The highest BCUT2D eigenvalue weighted by molar-refractivity contribution is 5.59. The maximum atomic E-state index is 13.1. The molecule has 4 heteroatoms. The van der Waals surface area contributed by atoms with Gasteiger partial charge in [0.15, 0.2) is 5.88 Å². The highest BCUT2D eigenvalue weighted by Crippen LogP contribution is 2.25. The molecule has 1 heterocycles. The quantitative estimate of drug-likeness (QED) is 0.808. The lowest BCUT2D eigenvalue weighted by Crippen LogP contribution is -2.16. The highest BCUT2D eigenvalue weighted by atomic mass is 19.1. The maximum Gasteiger partial charge on any atom is 0.193 e. The van der Waals surface area contributed by atoms with Gasteiger partial charge >= 0.3 is 0 Å². The molecule has 0 saturated carbocycles. The Kier molecular flexibility index (Phi) is 4.58. The molecule has 0 aliphatic rings. The monoisotopic (exact) mass is 262 g/mol. The molecule has 2 aromatic rings. The van der Waals surface area contributed by atoms with Gasteiger partial charge in [0.25, 0.3) is 0 Å². The number of halogens is 1. The minimum atomic E-state index is -0.255. The zero-order valence-electron chi connectivity index (χ0n) is 11.3. The largest absolute Gasteiger partial charge is 0.441 e. The van der Waals surface area contributed by atoms with Gasteiger partial charge in [-0.25, -0.2) is 4.39 Å². The molecule has 0 atom stereocenters. The van der Waals surface area contributed by atoms with E-state index in [4.69, 9.17) is 4.42 Å². The van der Waals surface area contributed by atoms with Crippen LogP contribution >= 0.6 is 0 Å². The molecular formula is C15H19FN2O. The summed E-state index contributed by atoms with van der Waals surface area (Å²) in [4.78, 5) is 2.14. The standard InChI is InChI=1S/C15H19FN2O/c1-18(2)10-4-9-17-15-8-7-14(19-15)12-5-3-6-13(16)11-12/h3,5-8,11,17H,4,9-10H2,1-2H3. The first kappa shape index (κ1) is 13.6. The maximum absolute atomic E-state index is 13.1. The van der Waals surface area contributed by atoms with E-state index in [0.717, 1.165) is 31.0 Å². The van der Waals surface area contributed by atoms with Crippen LogP contribution in [0, 0.1) is 5.82 Å². The van der Waals surface area contributed by atoms with Gasteiger partial charge in [-0.05, 0) is 45.3 Å². The molecular weight excluding hydrogens is 243 g/mol. The zero-order valence-corrected chi connectivity index (χ0v) is 11.3. The fourth-order valence-electron chi connectivity index (χ4n) is 1.84. The molecule has 1 N–H and O–H groups in total. The van der Waals surface area contributed by atoms with Crippen LogP contribution in [0.25, 0.3) is 11.3 Å². The van der Waals surface area contributed by atoms with Gasteiger partial charge in [0.05, 0.1) is 0 Å². The van der Waals surface area contributed by atoms with Crippen LogP contribution in [-0.4, -0.2) is 32.1 Å². The van der Waals surface area contributed by atoms with Crippen LogP contribution in [0.1, 0.15) is 6.42 Å². The lowest BCUT2D eigenvalue weighted by molar-refractivity contribution is 0.404. The van der Waals surface area contributed by atoms with Crippen LogP contribution in [0.4, 0.5) is 10.3 Å². The van der Waals surface area contributed by atoms with E-state index in [2.05, 4.69) is 24.3 Å². The molecule has 0 amide bonds. The molecule has 1 aromatic carbocycles. The molecule has 3 nitrogen and oxygen atoms in total. The van der Waals surface area contributed by atoms with E-state index in [0.29, 0.717) is 5.76 Å². The first-order chi connectivity index (χ1) is 9.15. The van der Waals surface area contributed by atoms with Gasteiger partial charge in [-0.15, -0.1) is 0 Å². The number of nitrogens with zero attached hydrogens (tertiary/aromatic N) is 1. The topological polar surface area (TPSA) is 28.4 Å². The van der Waals surface area contributed by atoms with Gasteiger partial charge in [0.2, 0.25) is 0 Å². The van der Waals surface area contributed by atoms with Crippen molar-refractivity contribution >= 4 is 5.88 Å². The van der Waals surface area contributed by atoms with Crippen molar-refractivity contribution in [3.8, 4) is 11.3 Å². The third kappa shape index (κ3) is 4.10. The Morgan fingerprint density at radius 2 is 2.05 bits per heavy atom. The zero-order chi connectivity index (χ0) is 13.7. The number of nitrogens with one attached hydrogen (secondary N) is 1. The average molecular weight is 262 g/mol. The van der Waals surface area contributed by atoms with Crippen LogP contribution in [-0.2, 0) is 0 Å². The van der Waals surface area contributed by atoms with Gasteiger partial charge < -0.3 is 14.6 Å². The second kappa shape index (κ2) is 6.38. The highest BCUT2D eigenvalue weighted by Gasteiger charge is 2.05. The van der Waals surface area contributed by atoms with Crippen molar-refractivity contribution < 1.29 is 8.81 Å². The molecule has 1 aromatic heterocycles. The van der Waals surface area contributed by atoms with E-state index in [-0.39, 0.29) is 5.82 Å². The molecule has 0 radical (unpaired) electrons. The van der Waals surface area contributed by atoms with E-state index < -0.39 is 0 Å². The van der Waals surface area contributed by atoms with Crippen molar-refractivity contribution in [3.63, 3.8) is 0 Å². The Hall–Kier alpha value is -1.81. The fourth-order valence-corrected chi connectivity index (χ4v) is 1.84. The van der Waals surface area contributed by atoms with E-state index in [1.54, 1.807) is 6.07 Å². The van der Waals surface area contributed by atoms with E-state index in [9.17, 15) is 4.39 Å². The van der Waals surface area contributed by atoms with Crippen LogP contribution in [0.2, 0.25) is 0 Å². The van der Waals surface area contributed by atoms with Gasteiger partial charge in [-0.2, -0.15) is 0 Å². The van der Waals surface area contributed by atoms with Gasteiger partial charge in [0, 0.05) is 18.2 Å². The molecule has 0 aliphatic carbocycles. The van der Waals surface area contributed by atoms with E-state index in [1.807, 2.05) is 18.2 Å². The van der Waals surface area contributed by atoms with Crippen molar-refractivity contribution in [1.82, 2.24) is 4.90 Å². The summed E-state index contributed by atoms with van der Waals surface area (Å²) in [6, 6.07) is 10.1. The Balaban J connectivity index is 1.92. The second-order valence-electron chi connectivity index (χ2n) is 4.76. The number of benzene rings is 1. The molecule has 2 rings (SSSR count). The summed E-state index contributed by atoms with van der Waals surface area (Å²) in [6.45, 7) is 1.89. The Morgan fingerprint density at radius 1 is 1.21 bits per heavy atom. The second-order valence-corrected chi connectivity index (χ2v) is 4.76. The minimum absolute atomic E-state index is 0.255. The van der Waals surface area contributed by atoms with Gasteiger partial charge in [-0.3, -0.25) is 0 Å². The summed E-state index contributed by atoms with van der Waals surface area (Å²) in [6.07, 6.45) is 1.04. The molecule has 0 aliphatic heterocycles. The van der Waals surface area contributed by atoms with Crippen LogP contribution in [0.15, 0.2) is 40.8 Å². The van der Waals surface area contributed by atoms with Crippen molar-refractivity contribution in [1.29, 1.82) is 0 Å². The smallest absolute Gasteiger partial charge is 0.193 e. The minimum Gasteiger partial charge on any atom is -0.441 e. The third-order valence-electron chi connectivity index (χ3n) is 2.80. The molecule has 0 fully saturated rings. The number of hydrogen-bond donors (Lipinski definition) is 1. The first-order valence-corrected chi connectivity index (χ1v) is 6.39. The SMILES string of the molecule is CN(C)CCCNc1ccc(-c2cccc(F)c2)o1. The Bertz CT molecular complexity index is 522. The van der Waals surface area contributed by atoms with Crippen LogP contribution < -0.4 is 5.32 Å². The van der Waals surface area contributed by atoms with Crippen molar-refractivity contribution in [3.05, 3.63) is 42.2 Å². The fraction of sp³-hybridized carbons (Fsp3) is 0.333. The number of hydrogen-bond acceptors (Lipinski definition) is 3. The predicted molar refractivity (Wildman–Crippen MR) is 75.8 cm³/mol. The van der Waals surface area contributed by atoms with Crippen LogP contribution in [0.3, 0.4) is 0 Å². The van der Waals surface area contributed by atoms with Crippen molar-refractivity contribution in [2.24, 2.45) is 0 Å². The van der Waals surface area contributed by atoms with E-state index in [1.165, 1.54) is 12.1 Å². The van der Waals surface area contributed by atoms with Crippen molar-refractivity contribution in [2.75, 3.05) is 32.5 Å². The number of rotatable bonds is 6. The van der Waals surface area contributed by atoms with Crippen molar-refractivity contribution in [2.45, 2.75) is 6.42 Å². The molecule has 0 spiro atoms. The number of furan rings is 1. The van der Waals surface area contributed by atoms with Gasteiger partial charge in [-0.1, -0.05) is 12.1 Å². The first-order valence-electron chi connectivity index (χ1n) is 6.39. The van der Waals surface area contributed by atoms with E-state index >= 15 is 0 Å². The summed E-state index contributed by atoms with van der Waals surface area (Å²) >= 11 is 0. The third-order valence-corrected chi connectivity index (χ3v) is 2.80. The normalized spacial score (nSPS) is 10.9. The summed E-state index contributed by atoms with van der Waals surface area (Å²) in [5.41, 5.74) is 0.751. The summed E-state index contributed by atoms with van der Waals surface area (Å²) in [5, 5.41) is 3.22. The lowest BCUT2D eigenvalue weighted by atomic mass is 10.2. The molecule has 0 unspecified atom stereocenters. The molecule has 0 saturated heterocycles. The molecule has 0 bridgehead atoms. The molecule has 102 valence electrons. The van der Waals surface area contributed by atoms with Gasteiger partial charge in [0.1, 0.15) is 11.6 Å². The summed E-state index contributed by atoms with van der Waals surface area (Å²) in [7, 11) is 4.10. The Labute approximate surface area is 113 Å². The average Bonchev–Trinajstić information content (AvgIpc) is 2.83.